The number of carbonyl (C=O) groups is 3. The van der Waals surface area contributed by atoms with Gasteiger partial charge in [0.25, 0.3) is 0 Å². The Hall–Kier alpha value is -2.17. The molecule has 2 aliphatic carbocycles. The maximum atomic E-state index is 12.7. The van der Waals surface area contributed by atoms with E-state index in [-0.39, 0.29) is 5.78 Å². The topological polar surface area (TPSA) is 75.3 Å². The van der Waals surface area contributed by atoms with Crippen molar-refractivity contribution in [3.8, 4) is 0 Å². The van der Waals surface area contributed by atoms with Crippen molar-refractivity contribution in [2.45, 2.75) is 69.2 Å². The van der Waals surface area contributed by atoms with Crippen molar-refractivity contribution in [1.82, 2.24) is 5.32 Å². The van der Waals surface area contributed by atoms with Gasteiger partial charge in [0.1, 0.15) is 0 Å². The first-order valence-electron chi connectivity index (χ1n) is 9.86. The van der Waals surface area contributed by atoms with E-state index >= 15 is 0 Å². The molecule has 1 saturated heterocycles. The van der Waals surface area contributed by atoms with Gasteiger partial charge in [0, 0.05) is 5.69 Å². The van der Waals surface area contributed by atoms with E-state index in [0.29, 0.717) is 24.4 Å². The number of nitrogens with one attached hydrogen (secondary N) is 2. The molecule has 0 aromatic heterocycles. The van der Waals surface area contributed by atoms with Crippen LogP contribution in [-0.2, 0) is 14.4 Å². The summed E-state index contributed by atoms with van der Waals surface area (Å²) in [5, 5.41) is 5.56. The lowest BCUT2D eigenvalue weighted by molar-refractivity contribution is -0.135. The van der Waals surface area contributed by atoms with Crippen molar-refractivity contribution in [2.24, 2.45) is 5.92 Å². The average molecular weight is 354 g/mol. The van der Waals surface area contributed by atoms with E-state index in [1.165, 1.54) is 37.7 Å². The highest BCUT2D eigenvalue weighted by Gasteiger charge is 2.56. The Labute approximate surface area is 153 Å². The molecular formula is C21H26N2O3. The normalized spacial score (nSPS) is 25.5. The van der Waals surface area contributed by atoms with Crippen LogP contribution in [0.3, 0.4) is 0 Å². The highest BCUT2D eigenvalue weighted by atomic mass is 16.2. The van der Waals surface area contributed by atoms with Crippen molar-refractivity contribution in [3.05, 3.63) is 29.8 Å². The third-order valence-corrected chi connectivity index (χ3v) is 6.33. The van der Waals surface area contributed by atoms with Crippen LogP contribution >= 0.6 is 0 Å². The lowest BCUT2D eigenvalue weighted by Crippen LogP contribution is -2.43. The van der Waals surface area contributed by atoms with Crippen LogP contribution in [0.4, 0.5) is 5.69 Å². The van der Waals surface area contributed by atoms with Gasteiger partial charge in [-0.15, -0.1) is 0 Å². The SMILES string of the molecule is O=C(Nc1ccc(C2CCCCC2)cc1)C1C(=O)NC2(CCCC2)C1=O. The molecule has 2 saturated carbocycles. The Balaban J connectivity index is 1.43. The van der Waals surface area contributed by atoms with Crippen LogP contribution in [0, 0.1) is 5.92 Å². The molecule has 5 heteroatoms. The lowest BCUT2D eigenvalue weighted by Gasteiger charge is -2.22. The maximum absolute atomic E-state index is 12.7. The van der Waals surface area contributed by atoms with Gasteiger partial charge in [-0.25, -0.2) is 0 Å². The molecule has 1 aliphatic heterocycles. The summed E-state index contributed by atoms with van der Waals surface area (Å²) < 4.78 is 0. The van der Waals surface area contributed by atoms with Gasteiger partial charge in [0.2, 0.25) is 11.8 Å². The third-order valence-electron chi connectivity index (χ3n) is 6.33. The highest BCUT2D eigenvalue weighted by molar-refractivity contribution is 6.27. The summed E-state index contributed by atoms with van der Waals surface area (Å²) in [7, 11) is 0. The fraction of sp³-hybridized carbons (Fsp3) is 0.571. The summed E-state index contributed by atoms with van der Waals surface area (Å²) in [5.74, 6) is -1.82. The van der Waals surface area contributed by atoms with Crippen LogP contribution in [0.2, 0.25) is 0 Å². The summed E-state index contributed by atoms with van der Waals surface area (Å²) in [6.45, 7) is 0. The molecule has 5 nitrogen and oxygen atoms in total. The van der Waals surface area contributed by atoms with Crippen molar-refractivity contribution < 1.29 is 14.4 Å². The van der Waals surface area contributed by atoms with Crippen LogP contribution in [0.25, 0.3) is 0 Å². The minimum Gasteiger partial charge on any atom is -0.342 e. The van der Waals surface area contributed by atoms with E-state index < -0.39 is 23.3 Å². The molecule has 3 aliphatic rings. The summed E-state index contributed by atoms with van der Waals surface area (Å²) in [5.41, 5.74) is 1.16. The van der Waals surface area contributed by atoms with E-state index in [4.69, 9.17) is 0 Å². The summed E-state index contributed by atoms with van der Waals surface area (Å²) in [4.78, 5) is 37.5. The Morgan fingerprint density at radius 3 is 2.27 bits per heavy atom. The molecule has 1 unspecified atom stereocenters. The monoisotopic (exact) mass is 354 g/mol. The second kappa shape index (κ2) is 6.86. The fourth-order valence-corrected chi connectivity index (χ4v) is 4.84. The molecule has 1 atom stereocenters. The van der Waals surface area contributed by atoms with Gasteiger partial charge < -0.3 is 10.6 Å². The summed E-state index contributed by atoms with van der Waals surface area (Å²) in [6, 6.07) is 7.87. The largest absolute Gasteiger partial charge is 0.342 e. The van der Waals surface area contributed by atoms with Gasteiger partial charge in [-0.2, -0.15) is 0 Å². The molecule has 138 valence electrons. The van der Waals surface area contributed by atoms with E-state index in [9.17, 15) is 14.4 Å². The number of carbonyl (C=O) groups excluding carboxylic acids is 3. The number of Topliss-reactive ketones (excluding diaryl/α,β-unsaturated/α-hetero) is 1. The zero-order valence-corrected chi connectivity index (χ0v) is 15.1. The molecule has 3 fully saturated rings. The Morgan fingerprint density at radius 1 is 0.962 bits per heavy atom. The Kier molecular flexibility index (Phi) is 4.55. The number of hydrogen-bond donors (Lipinski definition) is 2. The van der Waals surface area contributed by atoms with E-state index in [2.05, 4.69) is 22.8 Å². The van der Waals surface area contributed by atoms with Gasteiger partial charge in [0.05, 0.1) is 5.54 Å². The average Bonchev–Trinajstić information content (AvgIpc) is 3.21. The van der Waals surface area contributed by atoms with Gasteiger partial charge in [-0.05, 0) is 49.3 Å². The van der Waals surface area contributed by atoms with Gasteiger partial charge in [-0.1, -0.05) is 44.2 Å². The number of benzene rings is 1. The second-order valence-electron chi connectivity index (χ2n) is 8.02. The molecule has 1 aromatic carbocycles. The lowest BCUT2D eigenvalue weighted by atomic mass is 9.84. The minimum atomic E-state index is -1.22. The summed E-state index contributed by atoms with van der Waals surface area (Å²) in [6.07, 6.45) is 9.48. The number of rotatable bonds is 3. The second-order valence-corrected chi connectivity index (χ2v) is 8.02. The van der Waals surface area contributed by atoms with Crippen LogP contribution in [0.1, 0.15) is 69.3 Å². The molecule has 4 rings (SSSR count). The predicted molar refractivity (Wildman–Crippen MR) is 98.7 cm³/mol. The van der Waals surface area contributed by atoms with Crippen molar-refractivity contribution in [2.75, 3.05) is 5.32 Å². The maximum Gasteiger partial charge on any atom is 0.244 e. The molecule has 1 heterocycles. The molecule has 2 amide bonds. The van der Waals surface area contributed by atoms with Crippen molar-refractivity contribution >= 4 is 23.3 Å². The molecule has 0 bridgehead atoms. The van der Waals surface area contributed by atoms with E-state index in [0.717, 1.165) is 12.8 Å². The Bertz CT molecular complexity index is 713. The van der Waals surface area contributed by atoms with E-state index in [1.807, 2.05) is 12.1 Å². The van der Waals surface area contributed by atoms with Gasteiger partial charge in [0.15, 0.2) is 11.7 Å². The smallest absolute Gasteiger partial charge is 0.244 e. The first-order chi connectivity index (χ1) is 12.6. The molecule has 26 heavy (non-hydrogen) atoms. The first kappa shape index (κ1) is 17.3. The summed E-state index contributed by atoms with van der Waals surface area (Å²) >= 11 is 0. The quantitative estimate of drug-likeness (QED) is 0.818. The molecule has 2 N–H and O–H groups in total. The van der Waals surface area contributed by atoms with Gasteiger partial charge in [-0.3, -0.25) is 14.4 Å². The zero-order chi connectivity index (χ0) is 18.1. The van der Waals surface area contributed by atoms with Gasteiger partial charge >= 0.3 is 0 Å². The Morgan fingerprint density at radius 2 is 1.62 bits per heavy atom. The molecule has 1 spiro atoms. The van der Waals surface area contributed by atoms with Crippen molar-refractivity contribution in [1.29, 1.82) is 0 Å². The van der Waals surface area contributed by atoms with Crippen LogP contribution in [0.15, 0.2) is 24.3 Å². The standard InChI is InChI=1S/C21H26N2O3/c24-18-17(20(26)23-21(18)12-4-5-13-21)19(25)22-16-10-8-15(9-11-16)14-6-2-1-3-7-14/h8-11,14,17H,1-7,12-13H2,(H,22,25)(H,23,26). The highest BCUT2D eigenvalue weighted by Crippen LogP contribution is 2.37. The number of anilines is 1. The first-order valence-corrected chi connectivity index (χ1v) is 9.86. The zero-order valence-electron chi connectivity index (χ0n) is 15.1. The predicted octanol–water partition coefficient (Wildman–Crippen LogP) is 3.30. The third kappa shape index (κ3) is 3.04. The van der Waals surface area contributed by atoms with Crippen LogP contribution in [0.5, 0.6) is 0 Å². The number of ketones is 1. The minimum absolute atomic E-state index is 0.253. The van der Waals surface area contributed by atoms with Crippen molar-refractivity contribution in [3.63, 3.8) is 0 Å². The molecular weight excluding hydrogens is 328 g/mol. The molecule has 1 aromatic rings. The van der Waals surface area contributed by atoms with E-state index in [1.54, 1.807) is 0 Å². The van der Waals surface area contributed by atoms with Crippen LogP contribution < -0.4 is 10.6 Å². The van der Waals surface area contributed by atoms with Crippen LogP contribution in [-0.4, -0.2) is 23.1 Å². The number of amides is 2. The number of hydrogen-bond acceptors (Lipinski definition) is 3. The molecule has 0 radical (unpaired) electrons. The fourth-order valence-electron chi connectivity index (χ4n) is 4.84.